The first kappa shape index (κ1) is 12.4. The van der Waals surface area contributed by atoms with Crippen LogP contribution in [0.25, 0.3) is 0 Å². The molecule has 1 fully saturated rings. The molecule has 0 amide bonds. The van der Waals surface area contributed by atoms with Gasteiger partial charge in [-0.15, -0.1) is 11.8 Å². The molecule has 1 saturated heterocycles. The van der Waals surface area contributed by atoms with E-state index >= 15 is 0 Å². The van der Waals surface area contributed by atoms with Gasteiger partial charge >= 0.3 is 0 Å². The van der Waals surface area contributed by atoms with Crippen LogP contribution in [0, 0.1) is 0 Å². The van der Waals surface area contributed by atoms with Crippen molar-refractivity contribution in [1.82, 2.24) is 15.5 Å². The van der Waals surface area contributed by atoms with Gasteiger partial charge in [-0.3, -0.25) is 0 Å². The number of thioether (sulfide) groups is 1. The Kier molecular flexibility index (Phi) is 3.24. The van der Waals surface area contributed by atoms with Gasteiger partial charge in [-0.1, -0.05) is 23.4 Å². The highest BCUT2D eigenvalue weighted by molar-refractivity contribution is 7.99. The van der Waals surface area contributed by atoms with Gasteiger partial charge in [-0.2, -0.15) is 4.98 Å². The van der Waals surface area contributed by atoms with Crippen LogP contribution in [0.1, 0.15) is 42.0 Å². The van der Waals surface area contributed by atoms with Gasteiger partial charge in [0.1, 0.15) is 0 Å². The van der Waals surface area contributed by atoms with E-state index in [1.807, 2.05) is 11.8 Å². The highest BCUT2D eigenvalue weighted by Crippen LogP contribution is 2.42. The molecule has 5 heteroatoms. The summed E-state index contributed by atoms with van der Waals surface area (Å²) >= 11 is 1.88. The lowest BCUT2D eigenvalue weighted by atomic mass is 9.97. The highest BCUT2D eigenvalue weighted by atomic mass is 32.2. The maximum atomic E-state index is 5.56. The van der Waals surface area contributed by atoms with Crippen LogP contribution in [0.15, 0.2) is 33.7 Å². The number of rotatable bonds is 2. The van der Waals surface area contributed by atoms with E-state index in [4.69, 9.17) is 9.51 Å². The van der Waals surface area contributed by atoms with Gasteiger partial charge in [-0.05, 0) is 37.6 Å². The van der Waals surface area contributed by atoms with Crippen molar-refractivity contribution in [3.8, 4) is 0 Å². The molecule has 0 saturated carbocycles. The Hall–Kier alpha value is -1.33. The molecule has 0 spiro atoms. The Bertz CT molecular complexity index is 607. The zero-order valence-electron chi connectivity index (χ0n) is 11.2. The molecular weight excluding hydrogens is 270 g/mol. The van der Waals surface area contributed by atoms with Crippen molar-refractivity contribution >= 4 is 11.8 Å². The van der Waals surface area contributed by atoms with Crippen LogP contribution in [-0.2, 0) is 0 Å². The molecule has 4 nitrogen and oxygen atoms in total. The minimum absolute atomic E-state index is 0.263. The third-order valence-electron chi connectivity index (χ3n) is 4.16. The van der Waals surface area contributed by atoms with Crippen molar-refractivity contribution in [2.75, 3.05) is 18.8 Å². The number of benzene rings is 1. The summed E-state index contributed by atoms with van der Waals surface area (Å²) < 4.78 is 5.56. The number of nitrogens with one attached hydrogen (secondary N) is 1. The average molecular weight is 287 g/mol. The monoisotopic (exact) mass is 287 g/mol. The molecule has 0 radical (unpaired) electrons. The summed E-state index contributed by atoms with van der Waals surface area (Å²) in [5.41, 5.74) is 1.33. The van der Waals surface area contributed by atoms with E-state index in [2.05, 4.69) is 34.7 Å². The van der Waals surface area contributed by atoms with Gasteiger partial charge < -0.3 is 9.84 Å². The van der Waals surface area contributed by atoms with Crippen LogP contribution in [-0.4, -0.2) is 29.0 Å². The molecule has 1 aromatic carbocycles. The summed E-state index contributed by atoms with van der Waals surface area (Å²) in [4.78, 5) is 6.04. The summed E-state index contributed by atoms with van der Waals surface area (Å²) in [6, 6.07) is 8.52. The fourth-order valence-electron chi connectivity index (χ4n) is 3.00. The molecular formula is C15H17N3OS. The summed E-state index contributed by atoms with van der Waals surface area (Å²) in [6.07, 6.45) is 2.21. The van der Waals surface area contributed by atoms with Crippen molar-refractivity contribution in [2.45, 2.75) is 29.6 Å². The summed E-state index contributed by atoms with van der Waals surface area (Å²) in [6.45, 7) is 2.10. The average Bonchev–Trinajstić information content (AvgIpc) is 3.14. The molecule has 2 aromatic rings. The predicted molar refractivity (Wildman–Crippen MR) is 78.2 cm³/mol. The Labute approximate surface area is 122 Å². The molecule has 1 unspecified atom stereocenters. The first-order valence-corrected chi connectivity index (χ1v) is 8.16. The molecule has 20 heavy (non-hydrogen) atoms. The van der Waals surface area contributed by atoms with E-state index in [1.165, 1.54) is 10.5 Å². The molecule has 1 atom stereocenters. The molecule has 0 aliphatic carbocycles. The number of aromatic nitrogens is 2. The molecule has 104 valence electrons. The molecule has 2 aliphatic rings. The van der Waals surface area contributed by atoms with Gasteiger partial charge in [0.05, 0.1) is 5.92 Å². The number of piperidine rings is 1. The Morgan fingerprint density at radius 2 is 2.05 bits per heavy atom. The minimum atomic E-state index is 0.263. The number of hydrogen-bond donors (Lipinski definition) is 1. The molecule has 0 bridgehead atoms. The molecule has 1 aromatic heterocycles. The van der Waals surface area contributed by atoms with Crippen LogP contribution in [0.3, 0.4) is 0 Å². The van der Waals surface area contributed by atoms with Gasteiger partial charge in [0, 0.05) is 16.6 Å². The second-order valence-corrected chi connectivity index (χ2v) is 6.48. The summed E-state index contributed by atoms with van der Waals surface area (Å²) in [7, 11) is 0. The van der Waals surface area contributed by atoms with E-state index in [0.29, 0.717) is 5.92 Å². The van der Waals surface area contributed by atoms with Crippen molar-refractivity contribution < 1.29 is 4.52 Å². The fourth-order valence-corrected chi connectivity index (χ4v) is 4.22. The second-order valence-electron chi connectivity index (χ2n) is 5.42. The summed E-state index contributed by atoms with van der Waals surface area (Å²) in [5.74, 6) is 3.41. The van der Waals surface area contributed by atoms with Crippen molar-refractivity contribution in [1.29, 1.82) is 0 Å². The Morgan fingerprint density at radius 1 is 1.20 bits per heavy atom. The van der Waals surface area contributed by atoms with Crippen LogP contribution in [0.4, 0.5) is 0 Å². The Balaban J connectivity index is 1.59. The predicted octanol–water partition coefficient (Wildman–Crippen LogP) is 2.77. The van der Waals surface area contributed by atoms with Crippen LogP contribution in [0.2, 0.25) is 0 Å². The van der Waals surface area contributed by atoms with E-state index in [9.17, 15) is 0 Å². The minimum Gasteiger partial charge on any atom is -0.339 e. The van der Waals surface area contributed by atoms with E-state index in [0.717, 1.165) is 43.4 Å². The number of nitrogens with zero attached hydrogens (tertiary/aromatic N) is 2. The molecule has 2 aliphatic heterocycles. The van der Waals surface area contributed by atoms with Gasteiger partial charge in [-0.25, -0.2) is 0 Å². The summed E-state index contributed by atoms with van der Waals surface area (Å²) in [5, 5.41) is 7.60. The van der Waals surface area contributed by atoms with Gasteiger partial charge in [0.25, 0.3) is 0 Å². The van der Waals surface area contributed by atoms with Crippen LogP contribution >= 0.6 is 11.8 Å². The third-order valence-corrected chi connectivity index (χ3v) is 5.34. The van der Waals surface area contributed by atoms with Crippen molar-refractivity contribution in [3.63, 3.8) is 0 Å². The zero-order chi connectivity index (χ0) is 13.4. The molecule has 4 rings (SSSR count). The van der Waals surface area contributed by atoms with E-state index in [1.54, 1.807) is 0 Å². The quantitative estimate of drug-likeness (QED) is 0.920. The number of hydrogen-bond acceptors (Lipinski definition) is 5. The van der Waals surface area contributed by atoms with Crippen molar-refractivity contribution in [2.24, 2.45) is 0 Å². The molecule has 1 N–H and O–H groups in total. The standard InChI is InChI=1S/C15H17N3OS/c1-2-4-13-11(3-1)12(9-20-13)15-17-14(18-19-15)10-5-7-16-8-6-10/h1-4,10,12,16H,5-9H2. The van der Waals surface area contributed by atoms with Gasteiger partial charge in [0.15, 0.2) is 5.82 Å². The normalized spacial score (nSPS) is 22.9. The topological polar surface area (TPSA) is 51.0 Å². The smallest absolute Gasteiger partial charge is 0.235 e. The van der Waals surface area contributed by atoms with Crippen LogP contribution < -0.4 is 5.32 Å². The van der Waals surface area contributed by atoms with Crippen LogP contribution in [0.5, 0.6) is 0 Å². The first-order valence-electron chi connectivity index (χ1n) is 7.18. The van der Waals surface area contributed by atoms with E-state index < -0.39 is 0 Å². The second kappa shape index (κ2) is 5.22. The third kappa shape index (κ3) is 2.15. The Morgan fingerprint density at radius 3 is 2.95 bits per heavy atom. The lowest BCUT2D eigenvalue weighted by Gasteiger charge is -2.19. The maximum absolute atomic E-state index is 5.56. The zero-order valence-corrected chi connectivity index (χ0v) is 12.0. The molecule has 3 heterocycles. The van der Waals surface area contributed by atoms with Crippen molar-refractivity contribution in [3.05, 3.63) is 41.5 Å². The number of fused-ring (bicyclic) bond motifs is 1. The highest BCUT2D eigenvalue weighted by Gasteiger charge is 2.30. The van der Waals surface area contributed by atoms with Gasteiger partial charge in [0.2, 0.25) is 5.89 Å². The maximum Gasteiger partial charge on any atom is 0.235 e. The lowest BCUT2D eigenvalue weighted by molar-refractivity contribution is 0.356. The lowest BCUT2D eigenvalue weighted by Crippen LogP contribution is -2.27. The largest absolute Gasteiger partial charge is 0.339 e. The fraction of sp³-hybridized carbons (Fsp3) is 0.467. The van der Waals surface area contributed by atoms with E-state index in [-0.39, 0.29) is 5.92 Å². The SMILES string of the molecule is c1ccc2c(c1)SCC2c1nc(C2CCNCC2)no1. The first-order chi connectivity index (χ1) is 9.92.